The number of nitrogens with zero attached hydrogens (tertiary/aromatic N) is 1. The molecule has 0 aliphatic heterocycles. The molecule has 0 unspecified atom stereocenters. The van der Waals surface area contributed by atoms with E-state index in [2.05, 4.69) is 154 Å². The average Bonchev–Trinajstić information content (AvgIpc) is 3.73. The lowest BCUT2D eigenvalue weighted by Gasteiger charge is -2.21. The van der Waals surface area contributed by atoms with E-state index < -0.39 is 0 Å². The van der Waals surface area contributed by atoms with E-state index in [9.17, 15) is 5.41 Å². The number of hydrogen-bond acceptors (Lipinski definition) is 1. The Morgan fingerprint density at radius 3 is 1.60 bits per heavy atom. The molecule has 1 aliphatic carbocycles. The summed E-state index contributed by atoms with van der Waals surface area (Å²) < 4.78 is 2.12. The molecule has 0 spiro atoms. The van der Waals surface area contributed by atoms with Crippen LogP contribution in [0.1, 0.15) is 61.1 Å². The van der Waals surface area contributed by atoms with Gasteiger partial charge in [-0.05, 0) is 159 Å². The van der Waals surface area contributed by atoms with Gasteiger partial charge in [-0.3, -0.25) is 9.98 Å². The summed E-state index contributed by atoms with van der Waals surface area (Å²) in [4.78, 5) is 3.75. The molecule has 9 rings (SSSR count). The van der Waals surface area contributed by atoms with Crippen LogP contribution in [0.5, 0.6) is 0 Å². The van der Waals surface area contributed by atoms with Gasteiger partial charge in [0.15, 0.2) is 0 Å². The normalized spacial score (nSPS) is 12.0. The fourth-order valence-electron chi connectivity index (χ4n) is 8.53. The van der Waals surface area contributed by atoms with Crippen LogP contribution in [-0.4, -0.2) is 15.4 Å². The summed E-state index contributed by atoms with van der Waals surface area (Å²) >= 11 is 0. The molecule has 290 valence electrons. The quantitative estimate of drug-likeness (QED) is 0.0998. The van der Waals surface area contributed by atoms with Crippen LogP contribution in [0.4, 0.5) is 0 Å². The van der Waals surface area contributed by atoms with Crippen molar-refractivity contribution in [1.29, 1.82) is 5.41 Å². The molecule has 0 saturated heterocycles. The SMILES string of the molecule is C=C/C(C)=C\C(=N)n1c2ccc(-c3cc(C)cc(C)c3)cc2c2cc3c(cc21)-c1cc2[nH]c4ccc(-c5cc(C)cc(C)c5)cc4c2cc1CC3.C=CC(=C)C.CC. The molecule has 1 aliphatic rings. The van der Waals surface area contributed by atoms with E-state index in [1.165, 1.54) is 88.3 Å². The van der Waals surface area contributed by atoms with E-state index in [0.29, 0.717) is 5.84 Å². The van der Waals surface area contributed by atoms with Crippen LogP contribution in [0.25, 0.3) is 77.0 Å². The number of nitrogens with one attached hydrogen (secondary N) is 2. The molecular formula is C55H55N3. The van der Waals surface area contributed by atoms with Crippen molar-refractivity contribution >= 4 is 49.4 Å². The maximum Gasteiger partial charge on any atom is 0.130 e. The molecule has 2 N–H and O–H groups in total. The van der Waals surface area contributed by atoms with E-state index in [-0.39, 0.29) is 0 Å². The van der Waals surface area contributed by atoms with Crippen LogP contribution < -0.4 is 0 Å². The number of hydrogen-bond donors (Lipinski definition) is 2. The van der Waals surface area contributed by atoms with Crippen molar-refractivity contribution in [3.63, 3.8) is 0 Å². The molecule has 0 bridgehead atoms. The van der Waals surface area contributed by atoms with Gasteiger partial charge in [0, 0.05) is 32.6 Å². The van der Waals surface area contributed by atoms with E-state index in [1.54, 1.807) is 6.08 Å². The summed E-state index contributed by atoms with van der Waals surface area (Å²) in [5, 5.41) is 14.2. The van der Waals surface area contributed by atoms with Crippen molar-refractivity contribution < 1.29 is 0 Å². The monoisotopic (exact) mass is 757 g/mol. The third-order valence-electron chi connectivity index (χ3n) is 11.2. The van der Waals surface area contributed by atoms with Crippen LogP contribution in [0.3, 0.4) is 0 Å². The molecule has 3 nitrogen and oxygen atoms in total. The minimum absolute atomic E-state index is 0.438. The Hall–Kier alpha value is -6.45. The zero-order chi connectivity index (χ0) is 41.4. The van der Waals surface area contributed by atoms with E-state index >= 15 is 0 Å². The maximum atomic E-state index is 9.31. The first-order valence-corrected chi connectivity index (χ1v) is 20.5. The second kappa shape index (κ2) is 16.2. The Kier molecular flexibility index (Phi) is 11.1. The topological polar surface area (TPSA) is 44.6 Å². The second-order valence-corrected chi connectivity index (χ2v) is 15.8. The highest BCUT2D eigenvalue weighted by Gasteiger charge is 2.23. The Labute approximate surface area is 344 Å². The summed E-state index contributed by atoms with van der Waals surface area (Å²) in [6, 6.07) is 36.6. The van der Waals surface area contributed by atoms with Crippen LogP contribution >= 0.6 is 0 Å². The van der Waals surface area contributed by atoms with Gasteiger partial charge in [-0.2, -0.15) is 0 Å². The number of aryl methyl sites for hydroxylation is 6. The Balaban J connectivity index is 0.000000682. The summed E-state index contributed by atoms with van der Waals surface area (Å²) in [7, 11) is 0. The van der Waals surface area contributed by atoms with Crippen LogP contribution in [0, 0.1) is 33.1 Å². The van der Waals surface area contributed by atoms with Crippen molar-refractivity contribution in [2.24, 2.45) is 0 Å². The third-order valence-corrected chi connectivity index (χ3v) is 11.2. The summed E-state index contributed by atoms with van der Waals surface area (Å²) in [5.41, 5.74) is 21.7. The third kappa shape index (κ3) is 7.53. The van der Waals surface area contributed by atoms with Gasteiger partial charge in [0.2, 0.25) is 0 Å². The molecule has 2 heterocycles. The van der Waals surface area contributed by atoms with Gasteiger partial charge in [0.1, 0.15) is 5.84 Å². The number of allylic oxidation sites excluding steroid dienone is 5. The van der Waals surface area contributed by atoms with E-state index in [4.69, 9.17) is 0 Å². The standard InChI is InChI=1S/C48H41N3.C5H8.C2H6/c1-7-27(2)20-48(49)51-46-13-11-33(37-18-30(5)15-31(6)19-37)22-42(46)43-24-35-9-8-34-23-41-40-21-32(36-16-28(3)14-29(4)17-36)10-12-44(40)50-45(41)25-38(34)39(35)26-47(43)51;1-4-5(2)3;1-2/h7,10-26,49-50H,1,8-9H2,2-6H3;4H,1-2H2,3H3;1-2H3/b27-20-,49-48?;;. The van der Waals surface area contributed by atoms with Gasteiger partial charge in [0.25, 0.3) is 0 Å². The average molecular weight is 758 g/mol. The minimum Gasteiger partial charge on any atom is -0.354 e. The van der Waals surface area contributed by atoms with Crippen LogP contribution in [0.15, 0.2) is 146 Å². The molecule has 0 atom stereocenters. The largest absolute Gasteiger partial charge is 0.354 e. The number of aromatic amines is 1. The van der Waals surface area contributed by atoms with E-state index in [0.717, 1.165) is 46.1 Å². The smallest absolute Gasteiger partial charge is 0.130 e. The van der Waals surface area contributed by atoms with Crippen LogP contribution in [0.2, 0.25) is 0 Å². The summed E-state index contributed by atoms with van der Waals surface area (Å²) in [6.07, 6.45) is 7.43. The molecular weight excluding hydrogens is 703 g/mol. The van der Waals surface area contributed by atoms with Crippen molar-refractivity contribution in [2.75, 3.05) is 0 Å². The highest BCUT2D eigenvalue weighted by molar-refractivity contribution is 6.18. The number of H-pyrrole nitrogens is 1. The van der Waals surface area contributed by atoms with Crippen molar-refractivity contribution in [1.82, 2.24) is 9.55 Å². The second-order valence-electron chi connectivity index (χ2n) is 15.8. The predicted octanol–water partition coefficient (Wildman–Crippen LogP) is 15.5. The predicted molar refractivity (Wildman–Crippen MR) is 255 cm³/mol. The molecule has 0 amide bonds. The molecule has 8 aromatic rings. The van der Waals surface area contributed by atoms with Gasteiger partial charge >= 0.3 is 0 Å². The van der Waals surface area contributed by atoms with Gasteiger partial charge < -0.3 is 4.98 Å². The molecule has 58 heavy (non-hydrogen) atoms. The summed E-state index contributed by atoms with van der Waals surface area (Å²) in [5.74, 6) is 0.438. The molecule has 3 heteroatoms. The highest BCUT2D eigenvalue weighted by atomic mass is 15.0. The fraction of sp³-hybridized carbons (Fsp3) is 0.182. The number of fused-ring (bicyclic) bond motifs is 9. The lowest BCUT2D eigenvalue weighted by molar-refractivity contribution is 0.946. The molecule has 6 aromatic carbocycles. The van der Waals surface area contributed by atoms with Gasteiger partial charge in [-0.25, -0.2) is 0 Å². The highest BCUT2D eigenvalue weighted by Crippen LogP contribution is 2.43. The van der Waals surface area contributed by atoms with Crippen LogP contribution in [-0.2, 0) is 12.8 Å². The molecule has 0 saturated carbocycles. The van der Waals surface area contributed by atoms with Gasteiger partial charge in [-0.1, -0.05) is 122 Å². The first-order valence-electron chi connectivity index (χ1n) is 20.5. The number of aromatic nitrogens is 2. The Morgan fingerprint density at radius 2 is 1.05 bits per heavy atom. The molecule has 0 fully saturated rings. The first kappa shape index (κ1) is 39.8. The minimum atomic E-state index is 0.438. The Bertz CT molecular complexity index is 2950. The first-order chi connectivity index (χ1) is 27.9. The van der Waals surface area contributed by atoms with Gasteiger partial charge in [-0.15, -0.1) is 0 Å². The Morgan fingerprint density at radius 1 is 0.569 bits per heavy atom. The zero-order valence-electron chi connectivity index (χ0n) is 35.5. The molecule has 2 aromatic heterocycles. The number of benzene rings is 6. The maximum absolute atomic E-state index is 9.31. The van der Waals surface area contributed by atoms with Crippen molar-refractivity contribution in [3.8, 4) is 33.4 Å². The number of rotatable bonds is 5. The van der Waals surface area contributed by atoms with Crippen molar-refractivity contribution in [3.05, 3.63) is 180 Å². The lowest BCUT2D eigenvalue weighted by atomic mass is 9.84. The lowest BCUT2D eigenvalue weighted by Crippen LogP contribution is -2.09. The zero-order valence-corrected chi connectivity index (χ0v) is 35.5. The fourth-order valence-corrected chi connectivity index (χ4v) is 8.53. The molecule has 0 radical (unpaired) electrons. The summed E-state index contributed by atoms with van der Waals surface area (Å²) in [6.45, 7) is 27.5. The van der Waals surface area contributed by atoms with Crippen molar-refractivity contribution in [2.45, 2.75) is 68.2 Å². The van der Waals surface area contributed by atoms with E-state index in [1.807, 2.05) is 39.8 Å². The van der Waals surface area contributed by atoms with Gasteiger partial charge in [0.05, 0.1) is 11.0 Å².